The predicted octanol–water partition coefficient (Wildman–Crippen LogP) is 1.62. The molecule has 0 aliphatic heterocycles. The highest BCUT2D eigenvalue weighted by Crippen LogP contribution is 2.28. The molecule has 1 aromatic heterocycles. The van der Waals surface area contributed by atoms with Gasteiger partial charge in [0.05, 0.1) is 4.92 Å². The van der Waals surface area contributed by atoms with E-state index in [0.29, 0.717) is 5.56 Å². The second-order valence-corrected chi connectivity index (χ2v) is 3.37. The molecular weight excluding hydrogens is 234 g/mol. The van der Waals surface area contributed by atoms with Crippen LogP contribution in [0.1, 0.15) is 0 Å². The SMILES string of the molecule is Nc1nc(-c2ccc(Cl)c([N+](=O)[O-])c2)n[nH]1. The van der Waals surface area contributed by atoms with Crippen LogP contribution in [0.2, 0.25) is 5.02 Å². The number of H-pyrrole nitrogens is 1. The summed E-state index contributed by atoms with van der Waals surface area (Å²) in [7, 11) is 0. The number of nitrogens with two attached hydrogens (primary N) is 1. The van der Waals surface area contributed by atoms with Crippen LogP contribution in [0.5, 0.6) is 0 Å². The predicted molar refractivity (Wildman–Crippen MR) is 57.9 cm³/mol. The number of nitrogens with one attached hydrogen (secondary N) is 1. The Morgan fingerprint density at radius 3 is 2.81 bits per heavy atom. The summed E-state index contributed by atoms with van der Waals surface area (Å²) >= 11 is 5.67. The molecule has 0 unspecified atom stereocenters. The van der Waals surface area contributed by atoms with Crippen molar-refractivity contribution in [2.24, 2.45) is 0 Å². The molecule has 1 aromatic carbocycles. The van der Waals surface area contributed by atoms with Crippen molar-refractivity contribution in [3.05, 3.63) is 33.3 Å². The highest BCUT2D eigenvalue weighted by molar-refractivity contribution is 6.32. The van der Waals surface area contributed by atoms with Gasteiger partial charge in [0.1, 0.15) is 5.02 Å². The summed E-state index contributed by atoms with van der Waals surface area (Å²) in [6, 6.07) is 4.30. The molecule has 16 heavy (non-hydrogen) atoms. The van der Waals surface area contributed by atoms with Crippen LogP contribution in [-0.2, 0) is 0 Å². The fourth-order valence-electron chi connectivity index (χ4n) is 1.20. The van der Waals surface area contributed by atoms with Crippen LogP contribution in [0.4, 0.5) is 11.6 Å². The van der Waals surface area contributed by atoms with Crippen molar-refractivity contribution < 1.29 is 4.92 Å². The molecule has 0 saturated heterocycles. The third-order valence-electron chi connectivity index (χ3n) is 1.90. The highest BCUT2D eigenvalue weighted by atomic mass is 35.5. The normalized spacial score (nSPS) is 10.3. The second kappa shape index (κ2) is 3.78. The van der Waals surface area contributed by atoms with Gasteiger partial charge < -0.3 is 5.73 Å². The Balaban J connectivity index is 2.51. The van der Waals surface area contributed by atoms with Crippen molar-refractivity contribution in [3.63, 3.8) is 0 Å². The quantitative estimate of drug-likeness (QED) is 0.611. The summed E-state index contributed by atoms with van der Waals surface area (Å²) in [5.41, 5.74) is 5.64. The monoisotopic (exact) mass is 239 g/mol. The molecule has 0 amide bonds. The zero-order valence-electron chi connectivity index (χ0n) is 7.85. The molecule has 0 atom stereocenters. The first-order valence-corrected chi connectivity index (χ1v) is 4.58. The lowest BCUT2D eigenvalue weighted by Gasteiger charge is -1.97. The van der Waals surface area contributed by atoms with Crippen LogP contribution in [0.25, 0.3) is 11.4 Å². The lowest BCUT2D eigenvalue weighted by atomic mass is 10.2. The molecule has 2 aromatic rings. The van der Waals surface area contributed by atoms with E-state index in [4.69, 9.17) is 17.3 Å². The van der Waals surface area contributed by atoms with Crippen LogP contribution in [0.15, 0.2) is 18.2 Å². The van der Waals surface area contributed by atoms with E-state index in [1.54, 1.807) is 6.07 Å². The Morgan fingerprint density at radius 2 is 2.25 bits per heavy atom. The van der Waals surface area contributed by atoms with Crippen LogP contribution in [0, 0.1) is 10.1 Å². The molecule has 0 saturated carbocycles. The zero-order chi connectivity index (χ0) is 11.7. The van der Waals surface area contributed by atoms with Gasteiger partial charge in [-0.15, -0.1) is 0 Å². The second-order valence-electron chi connectivity index (χ2n) is 2.97. The molecule has 82 valence electrons. The van der Waals surface area contributed by atoms with Crippen LogP contribution in [0.3, 0.4) is 0 Å². The minimum Gasteiger partial charge on any atom is -0.368 e. The number of nitrogens with zero attached hydrogens (tertiary/aromatic N) is 3. The number of nitrogen functional groups attached to an aromatic ring is 1. The van der Waals surface area contributed by atoms with Crippen molar-refractivity contribution in [1.29, 1.82) is 0 Å². The maximum Gasteiger partial charge on any atom is 0.288 e. The highest BCUT2D eigenvalue weighted by Gasteiger charge is 2.15. The molecule has 0 aliphatic rings. The number of halogens is 1. The van der Waals surface area contributed by atoms with Gasteiger partial charge in [0.15, 0.2) is 5.82 Å². The number of nitro groups is 1. The standard InChI is InChI=1S/C8H6ClN5O2/c9-5-2-1-4(3-6(5)14(15)16)7-11-8(10)13-12-7/h1-3H,(H3,10,11,12,13). The molecule has 0 radical (unpaired) electrons. The molecular formula is C8H6ClN5O2. The summed E-state index contributed by atoms with van der Waals surface area (Å²) in [4.78, 5) is 13.9. The van der Waals surface area contributed by atoms with Gasteiger partial charge in [-0.1, -0.05) is 11.6 Å². The van der Waals surface area contributed by atoms with E-state index in [9.17, 15) is 10.1 Å². The van der Waals surface area contributed by atoms with Gasteiger partial charge in [-0.3, -0.25) is 10.1 Å². The van der Waals surface area contributed by atoms with Crippen molar-refractivity contribution in [2.75, 3.05) is 5.73 Å². The molecule has 0 fully saturated rings. The number of aromatic nitrogens is 3. The van der Waals surface area contributed by atoms with Gasteiger partial charge in [0.25, 0.3) is 5.69 Å². The van der Waals surface area contributed by atoms with Gasteiger partial charge in [-0.2, -0.15) is 10.1 Å². The van der Waals surface area contributed by atoms with E-state index in [2.05, 4.69) is 15.2 Å². The number of hydrogen-bond acceptors (Lipinski definition) is 5. The van der Waals surface area contributed by atoms with Gasteiger partial charge >= 0.3 is 0 Å². The summed E-state index contributed by atoms with van der Waals surface area (Å²) in [6.07, 6.45) is 0. The van der Waals surface area contributed by atoms with E-state index in [1.165, 1.54) is 12.1 Å². The lowest BCUT2D eigenvalue weighted by Crippen LogP contribution is -1.91. The Morgan fingerprint density at radius 1 is 1.50 bits per heavy atom. The molecule has 0 spiro atoms. The molecule has 0 bridgehead atoms. The van der Waals surface area contributed by atoms with E-state index >= 15 is 0 Å². The topological polar surface area (TPSA) is 111 Å². The Labute approximate surface area is 94.4 Å². The first kappa shape index (κ1) is 10.4. The first-order valence-electron chi connectivity index (χ1n) is 4.20. The van der Waals surface area contributed by atoms with Crippen molar-refractivity contribution >= 4 is 23.2 Å². The van der Waals surface area contributed by atoms with Crippen molar-refractivity contribution in [2.45, 2.75) is 0 Å². The maximum absolute atomic E-state index is 10.7. The van der Waals surface area contributed by atoms with E-state index in [1.807, 2.05) is 0 Å². The average Bonchev–Trinajstić information content (AvgIpc) is 2.65. The zero-order valence-corrected chi connectivity index (χ0v) is 8.60. The van der Waals surface area contributed by atoms with Crippen LogP contribution >= 0.6 is 11.6 Å². The number of anilines is 1. The fourth-order valence-corrected chi connectivity index (χ4v) is 1.38. The van der Waals surface area contributed by atoms with E-state index in [0.717, 1.165) is 0 Å². The third-order valence-corrected chi connectivity index (χ3v) is 2.22. The maximum atomic E-state index is 10.7. The Bertz CT molecular complexity index is 553. The van der Waals surface area contributed by atoms with Gasteiger partial charge in [0, 0.05) is 11.6 Å². The van der Waals surface area contributed by atoms with Crippen molar-refractivity contribution in [1.82, 2.24) is 15.2 Å². The minimum atomic E-state index is -0.568. The Kier molecular flexibility index (Phi) is 2.45. The molecule has 2 rings (SSSR count). The molecule has 3 N–H and O–H groups in total. The smallest absolute Gasteiger partial charge is 0.288 e. The summed E-state index contributed by atoms with van der Waals surface area (Å²) in [5, 5.41) is 17.0. The summed E-state index contributed by atoms with van der Waals surface area (Å²) in [5.74, 6) is 0.435. The van der Waals surface area contributed by atoms with Gasteiger partial charge in [-0.05, 0) is 12.1 Å². The Hall–Kier alpha value is -2.15. The number of aromatic amines is 1. The average molecular weight is 240 g/mol. The fraction of sp³-hybridized carbons (Fsp3) is 0. The van der Waals surface area contributed by atoms with E-state index in [-0.39, 0.29) is 22.5 Å². The molecule has 7 nitrogen and oxygen atoms in total. The first-order chi connectivity index (χ1) is 7.58. The molecule has 0 aliphatic carbocycles. The number of rotatable bonds is 2. The van der Waals surface area contributed by atoms with Crippen LogP contribution in [-0.4, -0.2) is 20.1 Å². The van der Waals surface area contributed by atoms with Gasteiger partial charge in [0.2, 0.25) is 5.95 Å². The van der Waals surface area contributed by atoms with Crippen molar-refractivity contribution in [3.8, 4) is 11.4 Å². The lowest BCUT2D eigenvalue weighted by molar-refractivity contribution is -0.384. The molecule has 1 heterocycles. The van der Waals surface area contributed by atoms with E-state index < -0.39 is 4.92 Å². The largest absolute Gasteiger partial charge is 0.368 e. The number of hydrogen-bond donors (Lipinski definition) is 2. The number of benzene rings is 1. The molecule has 8 heteroatoms. The van der Waals surface area contributed by atoms with Gasteiger partial charge in [-0.25, -0.2) is 5.10 Å². The van der Waals surface area contributed by atoms with Crippen LogP contribution < -0.4 is 5.73 Å². The summed E-state index contributed by atoms with van der Waals surface area (Å²) in [6.45, 7) is 0. The number of nitro benzene ring substituents is 1. The minimum absolute atomic E-state index is 0.0669. The summed E-state index contributed by atoms with van der Waals surface area (Å²) < 4.78 is 0. The third kappa shape index (κ3) is 1.80.